The van der Waals surface area contributed by atoms with E-state index in [1.165, 1.54) is 27.4 Å². The second-order valence-corrected chi connectivity index (χ2v) is 3.72. The molecule has 1 heterocycles. The van der Waals surface area contributed by atoms with Gasteiger partial charge in [-0.25, -0.2) is 0 Å². The van der Waals surface area contributed by atoms with Crippen LogP contribution in [0.2, 0.25) is 0 Å². The Kier molecular flexibility index (Phi) is 1.42. The van der Waals surface area contributed by atoms with E-state index in [1.807, 2.05) is 0 Å². The van der Waals surface area contributed by atoms with E-state index in [4.69, 9.17) is 0 Å². The Morgan fingerprint density at radius 2 is 1.64 bits per heavy atom. The number of aromatic amines is 1. The molecule has 0 unspecified atom stereocenters. The summed E-state index contributed by atoms with van der Waals surface area (Å²) in [5, 5.41) is 2.63. The predicted molar refractivity (Wildman–Crippen MR) is 60.5 cm³/mol. The summed E-state index contributed by atoms with van der Waals surface area (Å²) in [7, 11) is 0. The molecule has 0 atom stereocenters. The van der Waals surface area contributed by atoms with Crippen molar-refractivity contribution in [3.63, 3.8) is 0 Å². The Hall–Kier alpha value is -1.76. The van der Waals surface area contributed by atoms with E-state index in [1.54, 1.807) is 0 Å². The molecular formula is C13H11N. The third-order valence-electron chi connectivity index (χ3n) is 2.66. The van der Waals surface area contributed by atoms with Crippen LogP contribution in [0.15, 0.2) is 42.5 Å². The van der Waals surface area contributed by atoms with Gasteiger partial charge in [0.05, 0.1) is 0 Å². The van der Waals surface area contributed by atoms with Crippen LogP contribution < -0.4 is 0 Å². The predicted octanol–water partition coefficient (Wildman–Crippen LogP) is 3.63. The lowest BCUT2D eigenvalue weighted by molar-refractivity contribution is 1.49. The largest absolute Gasteiger partial charge is 0.355 e. The molecule has 0 amide bonds. The molecular weight excluding hydrogens is 170 g/mol. The Morgan fingerprint density at radius 3 is 2.57 bits per heavy atom. The molecule has 1 aromatic heterocycles. The highest BCUT2D eigenvalue weighted by molar-refractivity contribution is 6.07. The maximum atomic E-state index is 3.41. The van der Waals surface area contributed by atoms with E-state index in [0.29, 0.717) is 0 Å². The first-order chi connectivity index (χ1) is 6.84. The van der Waals surface area contributed by atoms with Gasteiger partial charge >= 0.3 is 0 Å². The molecule has 14 heavy (non-hydrogen) atoms. The fourth-order valence-corrected chi connectivity index (χ4v) is 1.96. The lowest BCUT2D eigenvalue weighted by atomic mass is 10.1. The molecule has 0 spiro atoms. The minimum Gasteiger partial charge on any atom is -0.355 e. The van der Waals surface area contributed by atoms with Gasteiger partial charge in [-0.1, -0.05) is 29.8 Å². The molecule has 0 saturated carbocycles. The van der Waals surface area contributed by atoms with E-state index in [9.17, 15) is 0 Å². The second kappa shape index (κ2) is 2.61. The summed E-state index contributed by atoms with van der Waals surface area (Å²) in [5.41, 5.74) is 3.74. The number of hydrogen-bond acceptors (Lipinski definition) is 0. The molecule has 3 aromatic rings. The van der Waals surface area contributed by atoms with E-state index in [0.717, 1.165) is 0 Å². The number of rotatable bonds is 0. The summed E-state index contributed by atoms with van der Waals surface area (Å²) in [6.45, 7) is 2.13. The minimum absolute atomic E-state index is 1.22. The molecule has 0 fully saturated rings. The van der Waals surface area contributed by atoms with Crippen molar-refractivity contribution in [3.8, 4) is 0 Å². The van der Waals surface area contributed by atoms with Gasteiger partial charge in [-0.3, -0.25) is 0 Å². The quantitative estimate of drug-likeness (QED) is 0.545. The number of hydrogen-bond donors (Lipinski definition) is 1. The lowest BCUT2D eigenvalue weighted by Crippen LogP contribution is -1.70. The van der Waals surface area contributed by atoms with E-state index < -0.39 is 0 Å². The van der Waals surface area contributed by atoms with Gasteiger partial charge in [-0.15, -0.1) is 0 Å². The monoisotopic (exact) mass is 181 g/mol. The van der Waals surface area contributed by atoms with Crippen LogP contribution in [-0.4, -0.2) is 4.98 Å². The van der Waals surface area contributed by atoms with Gasteiger partial charge < -0.3 is 4.98 Å². The molecule has 1 N–H and O–H groups in total. The van der Waals surface area contributed by atoms with Gasteiger partial charge in [0.1, 0.15) is 0 Å². The van der Waals surface area contributed by atoms with Crippen molar-refractivity contribution in [1.29, 1.82) is 0 Å². The van der Waals surface area contributed by atoms with Crippen molar-refractivity contribution < 1.29 is 0 Å². The molecule has 1 heteroatoms. The van der Waals surface area contributed by atoms with Crippen LogP contribution in [-0.2, 0) is 0 Å². The van der Waals surface area contributed by atoms with Crippen molar-refractivity contribution in [2.45, 2.75) is 6.92 Å². The topological polar surface area (TPSA) is 15.8 Å². The van der Waals surface area contributed by atoms with Crippen LogP contribution >= 0.6 is 0 Å². The van der Waals surface area contributed by atoms with Crippen molar-refractivity contribution in [2.75, 3.05) is 0 Å². The number of fused-ring (bicyclic) bond motifs is 3. The highest BCUT2D eigenvalue weighted by Gasteiger charge is 2.01. The fourth-order valence-electron chi connectivity index (χ4n) is 1.96. The summed E-state index contributed by atoms with van der Waals surface area (Å²) in [6, 6.07) is 14.9. The normalized spacial score (nSPS) is 11.2. The van der Waals surface area contributed by atoms with Gasteiger partial charge in [0, 0.05) is 21.8 Å². The van der Waals surface area contributed by atoms with Crippen molar-refractivity contribution >= 4 is 21.8 Å². The number of aryl methyl sites for hydroxylation is 1. The number of aromatic nitrogens is 1. The standard InChI is InChI=1S/C13H11N/c1-9-6-7-13-11(8-9)10-4-2-3-5-12(10)14-13/h2-8,14H,1H3. The van der Waals surface area contributed by atoms with Gasteiger partial charge in [0.15, 0.2) is 0 Å². The summed E-state index contributed by atoms with van der Waals surface area (Å²) in [6.07, 6.45) is 0. The first-order valence-electron chi connectivity index (χ1n) is 4.82. The minimum atomic E-state index is 1.22. The van der Waals surface area contributed by atoms with E-state index in [-0.39, 0.29) is 0 Å². The van der Waals surface area contributed by atoms with E-state index in [2.05, 4.69) is 54.4 Å². The third kappa shape index (κ3) is 0.956. The fraction of sp³-hybridized carbons (Fsp3) is 0.0769. The first kappa shape index (κ1) is 7.63. The van der Waals surface area contributed by atoms with Gasteiger partial charge in [-0.05, 0) is 25.1 Å². The zero-order valence-corrected chi connectivity index (χ0v) is 8.04. The summed E-state index contributed by atoms with van der Waals surface area (Å²) < 4.78 is 0. The molecule has 0 radical (unpaired) electrons. The van der Waals surface area contributed by atoms with Crippen LogP contribution in [0.5, 0.6) is 0 Å². The Balaban J connectivity index is 2.58. The van der Waals surface area contributed by atoms with Crippen molar-refractivity contribution in [3.05, 3.63) is 48.0 Å². The molecule has 1 nitrogen and oxygen atoms in total. The van der Waals surface area contributed by atoms with Crippen molar-refractivity contribution in [2.24, 2.45) is 0 Å². The lowest BCUT2D eigenvalue weighted by Gasteiger charge is -1.92. The van der Waals surface area contributed by atoms with Crippen LogP contribution in [0.4, 0.5) is 0 Å². The van der Waals surface area contributed by atoms with Crippen LogP contribution in [0.3, 0.4) is 0 Å². The van der Waals surface area contributed by atoms with Gasteiger partial charge in [0.25, 0.3) is 0 Å². The molecule has 0 saturated heterocycles. The number of nitrogens with one attached hydrogen (secondary N) is 1. The Bertz CT molecular complexity index is 605. The Labute approximate surface area is 82.4 Å². The number of benzene rings is 2. The zero-order chi connectivity index (χ0) is 9.54. The number of para-hydroxylation sites is 1. The number of H-pyrrole nitrogens is 1. The average Bonchev–Trinajstić information content (AvgIpc) is 2.56. The van der Waals surface area contributed by atoms with Crippen LogP contribution in [0, 0.1) is 6.92 Å². The second-order valence-electron chi connectivity index (χ2n) is 3.72. The molecule has 0 aliphatic heterocycles. The molecule has 0 aliphatic carbocycles. The maximum Gasteiger partial charge on any atom is 0.0465 e. The maximum absolute atomic E-state index is 3.41. The van der Waals surface area contributed by atoms with Crippen LogP contribution in [0.1, 0.15) is 5.56 Å². The highest BCUT2D eigenvalue weighted by Crippen LogP contribution is 2.25. The SMILES string of the molecule is Cc1ccc2[nH]c3ccccc3c2c1. The summed E-state index contributed by atoms with van der Waals surface area (Å²) in [5.74, 6) is 0. The third-order valence-corrected chi connectivity index (χ3v) is 2.66. The molecule has 68 valence electrons. The van der Waals surface area contributed by atoms with E-state index >= 15 is 0 Å². The van der Waals surface area contributed by atoms with Crippen molar-refractivity contribution in [1.82, 2.24) is 4.98 Å². The average molecular weight is 181 g/mol. The summed E-state index contributed by atoms with van der Waals surface area (Å²) in [4.78, 5) is 3.41. The zero-order valence-electron chi connectivity index (χ0n) is 8.04. The smallest absolute Gasteiger partial charge is 0.0465 e. The van der Waals surface area contributed by atoms with Gasteiger partial charge in [-0.2, -0.15) is 0 Å². The summed E-state index contributed by atoms with van der Waals surface area (Å²) >= 11 is 0. The van der Waals surface area contributed by atoms with Crippen LogP contribution in [0.25, 0.3) is 21.8 Å². The van der Waals surface area contributed by atoms with Gasteiger partial charge in [0.2, 0.25) is 0 Å². The Morgan fingerprint density at radius 1 is 0.857 bits per heavy atom. The molecule has 3 rings (SSSR count). The molecule has 0 aliphatic rings. The first-order valence-corrected chi connectivity index (χ1v) is 4.82. The highest BCUT2D eigenvalue weighted by atomic mass is 14.7. The molecule has 0 bridgehead atoms. The molecule has 2 aromatic carbocycles.